The number of ether oxygens (including phenoxy) is 1. The third-order valence-corrected chi connectivity index (χ3v) is 6.47. The van der Waals surface area contributed by atoms with Crippen LogP contribution in [0.5, 0.6) is 0 Å². The molecule has 0 bridgehead atoms. The van der Waals surface area contributed by atoms with E-state index < -0.39 is 11.0 Å². The van der Waals surface area contributed by atoms with Crippen LogP contribution in [0.15, 0.2) is 0 Å². The van der Waals surface area contributed by atoms with Gasteiger partial charge >= 0.3 is 0 Å². The monoisotopic (exact) mass is 581 g/mol. The summed E-state index contributed by atoms with van der Waals surface area (Å²) in [6.45, 7) is 33.1. The molecule has 0 radical (unpaired) electrons. The smallest absolute Gasteiger partial charge is 0.228 e. The lowest BCUT2D eigenvalue weighted by Crippen LogP contribution is -2.48. The summed E-state index contributed by atoms with van der Waals surface area (Å²) in [4.78, 5) is 29.5. The molecule has 0 aliphatic rings. The first kappa shape index (κ1) is 48.1. The molecule has 0 unspecified atom stereocenters. The summed E-state index contributed by atoms with van der Waals surface area (Å²) in [7, 11) is 5.07. The maximum absolute atomic E-state index is 13.2. The fourth-order valence-corrected chi connectivity index (χ4v) is 4.38. The van der Waals surface area contributed by atoms with Crippen molar-refractivity contribution < 1.29 is 19.4 Å². The number of rotatable bonds is 14. The molecule has 0 aliphatic carbocycles. The zero-order valence-electron chi connectivity index (χ0n) is 29.8. The fraction of sp³-hybridized carbons (Fsp3) is 0.938. The summed E-state index contributed by atoms with van der Waals surface area (Å²) in [5.41, 5.74) is -0.947. The van der Waals surface area contributed by atoms with Gasteiger partial charge in [0.05, 0.1) is 5.60 Å². The molecule has 0 aromatic heterocycles. The molecule has 6 nitrogen and oxygen atoms in total. The Hall–Kier alpha value is -0.630. The van der Waals surface area contributed by atoms with Crippen molar-refractivity contribution in [1.29, 1.82) is 0 Å². The molecule has 0 atom stereocenters. The normalized spacial score (nSPS) is 11.6. The van der Waals surface area contributed by atoms with Crippen LogP contribution in [0, 0.1) is 16.7 Å². The molecule has 39 heavy (non-hydrogen) atoms. The van der Waals surface area contributed by atoms with Crippen LogP contribution < -0.4 is 0 Å². The van der Waals surface area contributed by atoms with E-state index in [2.05, 4.69) is 59.2 Å². The Morgan fingerprint density at radius 2 is 1.28 bits per heavy atom. The summed E-state index contributed by atoms with van der Waals surface area (Å²) < 4.78 is 6.02. The van der Waals surface area contributed by atoms with Gasteiger partial charge in [-0.3, -0.25) is 9.59 Å². The van der Waals surface area contributed by atoms with Gasteiger partial charge in [0.25, 0.3) is 0 Å². The predicted octanol–water partition coefficient (Wildman–Crippen LogP) is 7.63. The SMILES string of the molecule is CC.CC.CCN(C)C(C)(C)CC(C)(C)CN(C)C(=O)C(C)(C)CCOC(C)(C)CC(=O)C(C)C.CO.CS. The number of nitrogens with zero attached hydrogens (tertiary/aromatic N) is 2. The molecule has 1 amide bonds. The van der Waals surface area contributed by atoms with Gasteiger partial charge < -0.3 is 19.6 Å². The third kappa shape index (κ3) is 22.7. The first-order chi connectivity index (χ1) is 17.8. The molecule has 0 saturated heterocycles. The third-order valence-electron chi connectivity index (χ3n) is 6.47. The Kier molecular flexibility index (Phi) is 29.6. The largest absolute Gasteiger partial charge is 0.400 e. The number of aliphatic hydroxyl groups is 1. The van der Waals surface area contributed by atoms with Crippen LogP contribution in [0.2, 0.25) is 0 Å². The van der Waals surface area contributed by atoms with Crippen molar-refractivity contribution in [3.63, 3.8) is 0 Å². The lowest BCUT2D eigenvalue weighted by atomic mass is 9.78. The van der Waals surface area contributed by atoms with E-state index in [-0.39, 0.29) is 28.6 Å². The molecule has 240 valence electrons. The minimum Gasteiger partial charge on any atom is -0.400 e. The van der Waals surface area contributed by atoms with Crippen molar-refractivity contribution in [3.8, 4) is 0 Å². The van der Waals surface area contributed by atoms with Gasteiger partial charge in [0, 0.05) is 50.6 Å². The Morgan fingerprint density at radius 3 is 1.64 bits per heavy atom. The quantitative estimate of drug-likeness (QED) is 0.207. The molecule has 0 aromatic rings. The minimum absolute atomic E-state index is 0.00309. The Balaban J connectivity index is -0.000000437. The highest BCUT2D eigenvalue weighted by molar-refractivity contribution is 7.79. The number of hydrogen-bond acceptors (Lipinski definition) is 6. The maximum Gasteiger partial charge on any atom is 0.228 e. The summed E-state index contributed by atoms with van der Waals surface area (Å²) in [5, 5.41) is 7.00. The van der Waals surface area contributed by atoms with E-state index in [9.17, 15) is 9.59 Å². The van der Waals surface area contributed by atoms with Crippen LogP contribution in [0.1, 0.15) is 123 Å². The Morgan fingerprint density at radius 1 is 0.872 bits per heavy atom. The van der Waals surface area contributed by atoms with Gasteiger partial charge in [-0.2, -0.15) is 12.6 Å². The van der Waals surface area contributed by atoms with E-state index in [0.717, 1.165) is 20.1 Å². The highest BCUT2D eigenvalue weighted by Gasteiger charge is 2.36. The first-order valence-corrected chi connectivity index (χ1v) is 15.7. The van der Waals surface area contributed by atoms with Crippen LogP contribution >= 0.6 is 12.6 Å². The van der Waals surface area contributed by atoms with Gasteiger partial charge in [-0.25, -0.2) is 0 Å². The number of hydrogen-bond donors (Lipinski definition) is 2. The molecule has 7 heteroatoms. The van der Waals surface area contributed by atoms with E-state index in [1.165, 1.54) is 0 Å². The van der Waals surface area contributed by atoms with Gasteiger partial charge in [-0.05, 0) is 65.8 Å². The molecule has 0 spiro atoms. The standard InChI is InChI=1S/C26H52N2O3.2C2H6.CH4O.CH4S/c1-14-28(13)25(8,9)18-23(4,5)19-27(12)22(30)24(6,7)15-16-31-26(10,11)17-21(29)20(2)3;4*1-2/h20H,14-19H2,1-13H3;2*1-2H3;2*2H,1H3. The second-order valence-corrected chi connectivity index (χ2v) is 12.4. The van der Waals surface area contributed by atoms with Crippen molar-refractivity contribution >= 4 is 24.3 Å². The van der Waals surface area contributed by atoms with Crippen LogP contribution in [-0.2, 0) is 14.3 Å². The molecular formula is C32H72N2O4S. The average molecular weight is 581 g/mol. The van der Waals surface area contributed by atoms with Crippen molar-refractivity contribution in [2.24, 2.45) is 16.7 Å². The number of carbonyl (C=O) groups is 2. The molecule has 0 heterocycles. The maximum atomic E-state index is 13.2. The average Bonchev–Trinajstić information content (AvgIpc) is 2.86. The lowest BCUT2D eigenvalue weighted by Gasteiger charge is -2.43. The molecule has 1 N–H and O–H groups in total. The van der Waals surface area contributed by atoms with Crippen LogP contribution in [0.4, 0.5) is 0 Å². The summed E-state index contributed by atoms with van der Waals surface area (Å²) in [6, 6.07) is 0. The van der Waals surface area contributed by atoms with Crippen molar-refractivity contribution in [3.05, 3.63) is 0 Å². The fourth-order valence-electron chi connectivity index (χ4n) is 4.38. The molecule has 0 rings (SSSR count). The van der Waals surface area contributed by atoms with Crippen molar-refractivity contribution in [1.82, 2.24) is 9.80 Å². The number of aliphatic hydroxyl groups excluding tert-OH is 1. The van der Waals surface area contributed by atoms with E-state index in [4.69, 9.17) is 9.84 Å². The molecular weight excluding hydrogens is 508 g/mol. The van der Waals surface area contributed by atoms with E-state index in [1.807, 2.05) is 81.2 Å². The topological polar surface area (TPSA) is 70.1 Å². The predicted molar refractivity (Wildman–Crippen MR) is 177 cm³/mol. The first-order valence-electron chi connectivity index (χ1n) is 14.8. The van der Waals surface area contributed by atoms with Crippen molar-refractivity contribution in [2.75, 3.05) is 47.2 Å². The molecule has 0 saturated carbocycles. The zero-order valence-corrected chi connectivity index (χ0v) is 30.7. The molecule has 0 fully saturated rings. The van der Waals surface area contributed by atoms with Gasteiger partial charge in [-0.1, -0.05) is 76.2 Å². The molecule has 0 aliphatic heterocycles. The van der Waals surface area contributed by atoms with Crippen LogP contribution in [0.3, 0.4) is 0 Å². The minimum atomic E-state index is -0.515. The second kappa shape index (κ2) is 24.0. The van der Waals surface area contributed by atoms with Crippen LogP contribution in [0.25, 0.3) is 0 Å². The Labute approximate surface area is 251 Å². The van der Waals surface area contributed by atoms with E-state index in [0.29, 0.717) is 26.0 Å². The van der Waals surface area contributed by atoms with Crippen molar-refractivity contribution in [2.45, 2.75) is 134 Å². The van der Waals surface area contributed by atoms with Gasteiger partial charge in [0.1, 0.15) is 5.78 Å². The molecule has 0 aromatic carbocycles. The van der Waals surface area contributed by atoms with Gasteiger partial charge in [0.2, 0.25) is 5.91 Å². The zero-order chi connectivity index (χ0) is 32.8. The lowest BCUT2D eigenvalue weighted by molar-refractivity contribution is -0.143. The number of thiol groups is 1. The highest BCUT2D eigenvalue weighted by Crippen LogP contribution is 2.33. The van der Waals surface area contributed by atoms with E-state index in [1.54, 1.807) is 6.26 Å². The number of amides is 1. The Bertz CT molecular complexity index is 603. The van der Waals surface area contributed by atoms with Gasteiger partial charge in [-0.15, -0.1) is 0 Å². The number of ketones is 1. The summed E-state index contributed by atoms with van der Waals surface area (Å²) in [5.74, 6) is 0.362. The number of Topliss-reactive ketones (excluding diaryl/α,β-unsaturated/α-hetero) is 1. The second-order valence-electron chi connectivity index (χ2n) is 12.4. The summed E-state index contributed by atoms with van der Waals surface area (Å²) in [6.07, 6.45) is 3.72. The van der Waals surface area contributed by atoms with E-state index >= 15 is 0 Å². The highest BCUT2D eigenvalue weighted by atomic mass is 32.1. The number of carbonyl (C=O) groups excluding carboxylic acids is 2. The van der Waals surface area contributed by atoms with Crippen LogP contribution in [-0.4, -0.2) is 84.9 Å². The van der Waals surface area contributed by atoms with Gasteiger partial charge in [0.15, 0.2) is 0 Å². The summed E-state index contributed by atoms with van der Waals surface area (Å²) >= 11 is 3.53.